The van der Waals surface area contributed by atoms with Gasteiger partial charge >= 0.3 is 0 Å². The van der Waals surface area contributed by atoms with Gasteiger partial charge in [0.05, 0.1) is 6.04 Å². The van der Waals surface area contributed by atoms with Gasteiger partial charge in [0.25, 0.3) is 0 Å². The largest absolute Gasteiger partial charge is 0.329 e. The maximum absolute atomic E-state index is 14.3. The van der Waals surface area contributed by atoms with Gasteiger partial charge in [0, 0.05) is 34.0 Å². The molecule has 1 fully saturated rings. The molecule has 0 spiro atoms. The fourth-order valence-corrected chi connectivity index (χ4v) is 3.74. The number of nitrogens with two attached hydrogens (primary N) is 1. The third-order valence-corrected chi connectivity index (χ3v) is 5.23. The van der Waals surface area contributed by atoms with Crippen molar-refractivity contribution < 1.29 is 4.39 Å². The second-order valence-electron chi connectivity index (χ2n) is 5.40. The Bertz CT molecular complexity index is 598. The molecule has 0 saturated heterocycles. The van der Waals surface area contributed by atoms with Gasteiger partial charge in [-0.3, -0.25) is 4.90 Å². The lowest BCUT2D eigenvalue weighted by atomic mass is 10.0. The molecule has 1 unspecified atom stereocenters. The maximum atomic E-state index is 14.3. The normalized spacial score (nSPS) is 16.4. The number of hydrogen-bond acceptors (Lipinski definition) is 3. The van der Waals surface area contributed by atoms with Gasteiger partial charge < -0.3 is 5.73 Å². The van der Waals surface area contributed by atoms with E-state index in [0.29, 0.717) is 18.2 Å². The highest BCUT2D eigenvalue weighted by molar-refractivity contribution is 9.10. The zero-order valence-electron chi connectivity index (χ0n) is 11.6. The van der Waals surface area contributed by atoms with Crippen LogP contribution in [0.25, 0.3) is 0 Å². The van der Waals surface area contributed by atoms with Crippen LogP contribution in [0.1, 0.15) is 29.3 Å². The van der Waals surface area contributed by atoms with Gasteiger partial charge in [-0.25, -0.2) is 4.39 Å². The van der Waals surface area contributed by atoms with Crippen LogP contribution in [-0.4, -0.2) is 17.5 Å². The molecule has 21 heavy (non-hydrogen) atoms. The third kappa shape index (κ3) is 3.54. The van der Waals surface area contributed by atoms with Crippen molar-refractivity contribution in [1.82, 2.24) is 4.90 Å². The molecule has 0 bridgehead atoms. The van der Waals surface area contributed by atoms with Crippen LogP contribution in [0.4, 0.5) is 4.39 Å². The van der Waals surface area contributed by atoms with Gasteiger partial charge in [0.15, 0.2) is 0 Å². The Morgan fingerprint density at radius 3 is 2.76 bits per heavy atom. The van der Waals surface area contributed by atoms with Gasteiger partial charge in [-0.1, -0.05) is 28.1 Å². The summed E-state index contributed by atoms with van der Waals surface area (Å²) in [5, 5.41) is 2.08. The van der Waals surface area contributed by atoms with E-state index in [9.17, 15) is 4.39 Å². The maximum Gasteiger partial charge on any atom is 0.129 e. The Kier molecular flexibility index (Phi) is 4.74. The smallest absolute Gasteiger partial charge is 0.129 e. The quantitative estimate of drug-likeness (QED) is 0.822. The zero-order valence-corrected chi connectivity index (χ0v) is 14.0. The summed E-state index contributed by atoms with van der Waals surface area (Å²) in [6.45, 7) is 1.28. The molecule has 5 heteroatoms. The minimum atomic E-state index is -0.184. The van der Waals surface area contributed by atoms with Crippen LogP contribution in [0.2, 0.25) is 0 Å². The van der Waals surface area contributed by atoms with Crippen LogP contribution in [0, 0.1) is 5.82 Å². The summed E-state index contributed by atoms with van der Waals surface area (Å²) in [7, 11) is 0. The van der Waals surface area contributed by atoms with Crippen molar-refractivity contribution in [2.75, 3.05) is 6.54 Å². The van der Waals surface area contributed by atoms with E-state index in [2.05, 4.69) is 38.3 Å². The summed E-state index contributed by atoms with van der Waals surface area (Å²) in [6.07, 6.45) is 2.36. The highest BCUT2D eigenvalue weighted by atomic mass is 79.9. The fourth-order valence-electron chi connectivity index (χ4n) is 2.70. The number of thiophene rings is 1. The molecule has 1 aliphatic rings. The van der Waals surface area contributed by atoms with Crippen LogP contribution in [0.5, 0.6) is 0 Å². The van der Waals surface area contributed by atoms with Crippen molar-refractivity contribution in [3.63, 3.8) is 0 Å². The van der Waals surface area contributed by atoms with Gasteiger partial charge in [-0.2, -0.15) is 0 Å². The van der Waals surface area contributed by atoms with E-state index in [1.807, 2.05) is 12.1 Å². The molecular formula is C16H18BrFN2S. The first-order chi connectivity index (χ1) is 10.2. The molecule has 3 rings (SSSR count). The topological polar surface area (TPSA) is 29.3 Å². The van der Waals surface area contributed by atoms with Gasteiger partial charge in [-0.05, 0) is 36.4 Å². The minimum Gasteiger partial charge on any atom is -0.329 e. The molecule has 0 aliphatic heterocycles. The summed E-state index contributed by atoms with van der Waals surface area (Å²) in [4.78, 5) is 3.66. The van der Waals surface area contributed by atoms with Crippen molar-refractivity contribution in [3.05, 3.63) is 56.4 Å². The fraction of sp³-hybridized carbons (Fsp3) is 0.375. The van der Waals surface area contributed by atoms with Crippen molar-refractivity contribution >= 4 is 27.3 Å². The monoisotopic (exact) mass is 368 g/mol. The predicted molar refractivity (Wildman–Crippen MR) is 88.8 cm³/mol. The first kappa shape index (κ1) is 15.2. The van der Waals surface area contributed by atoms with Gasteiger partial charge in [-0.15, -0.1) is 11.3 Å². The lowest BCUT2D eigenvalue weighted by molar-refractivity contribution is 0.180. The van der Waals surface area contributed by atoms with E-state index in [-0.39, 0.29) is 11.9 Å². The first-order valence-corrected chi connectivity index (χ1v) is 8.79. The SMILES string of the molecule is NCC(c1ccc(Br)cc1F)N(Cc1cccs1)C1CC1. The molecule has 1 aromatic carbocycles. The van der Waals surface area contributed by atoms with Gasteiger partial charge in [0.1, 0.15) is 5.82 Å². The molecule has 0 amide bonds. The molecule has 1 heterocycles. The van der Waals surface area contributed by atoms with Crippen molar-refractivity contribution in [1.29, 1.82) is 0 Å². The number of nitrogens with zero attached hydrogens (tertiary/aromatic N) is 1. The number of benzene rings is 1. The number of rotatable bonds is 6. The average molecular weight is 369 g/mol. The molecule has 1 atom stereocenters. The van der Waals surface area contributed by atoms with E-state index in [1.54, 1.807) is 11.3 Å². The Morgan fingerprint density at radius 2 is 2.19 bits per heavy atom. The second kappa shape index (κ2) is 6.57. The summed E-state index contributed by atoms with van der Waals surface area (Å²) in [6, 6.07) is 9.91. The van der Waals surface area contributed by atoms with Crippen LogP contribution in [-0.2, 0) is 6.54 Å². The lowest BCUT2D eigenvalue weighted by Gasteiger charge is -2.31. The minimum absolute atomic E-state index is 0.0623. The summed E-state index contributed by atoms with van der Waals surface area (Å²) >= 11 is 5.05. The van der Waals surface area contributed by atoms with Crippen LogP contribution < -0.4 is 5.73 Å². The highest BCUT2D eigenvalue weighted by Gasteiger charge is 2.35. The van der Waals surface area contributed by atoms with E-state index >= 15 is 0 Å². The van der Waals surface area contributed by atoms with E-state index in [4.69, 9.17) is 5.73 Å². The van der Waals surface area contributed by atoms with Crippen molar-refractivity contribution in [3.8, 4) is 0 Å². The first-order valence-electron chi connectivity index (χ1n) is 7.12. The highest BCUT2D eigenvalue weighted by Crippen LogP contribution is 2.37. The standard InChI is InChI=1S/C16H18BrFN2S/c17-11-3-6-14(15(18)8-11)16(9-19)20(12-4-5-12)10-13-2-1-7-21-13/h1-3,6-8,12,16H,4-5,9-10,19H2. The second-order valence-corrected chi connectivity index (χ2v) is 7.35. The Morgan fingerprint density at radius 1 is 1.38 bits per heavy atom. The molecule has 112 valence electrons. The summed E-state index contributed by atoms with van der Waals surface area (Å²) in [5.74, 6) is -0.184. The molecular weight excluding hydrogens is 351 g/mol. The van der Waals surface area contributed by atoms with Crippen molar-refractivity contribution in [2.24, 2.45) is 5.73 Å². The summed E-state index contributed by atoms with van der Waals surface area (Å²) < 4.78 is 15.1. The predicted octanol–water partition coefficient (Wildman–Crippen LogP) is 4.31. The van der Waals surface area contributed by atoms with E-state index in [0.717, 1.165) is 11.0 Å². The van der Waals surface area contributed by atoms with E-state index in [1.165, 1.54) is 23.8 Å². The third-order valence-electron chi connectivity index (χ3n) is 3.88. The molecule has 1 saturated carbocycles. The molecule has 2 aromatic rings. The number of halogens is 2. The number of hydrogen-bond donors (Lipinski definition) is 1. The molecule has 1 aliphatic carbocycles. The van der Waals surface area contributed by atoms with Crippen molar-refractivity contribution in [2.45, 2.75) is 31.5 Å². The Hall–Kier alpha value is -0.750. The Balaban J connectivity index is 1.88. The van der Waals surface area contributed by atoms with Crippen LogP contribution >= 0.6 is 27.3 Å². The molecule has 1 aromatic heterocycles. The molecule has 2 nitrogen and oxygen atoms in total. The van der Waals surface area contributed by atoms with Crippen LogP contribution in [0.3, 0.4) is 0 Å². The lowest BCUT2D eigenvalue weighted by Crippen LogP contribution is -2.35. The van der Waals surface area contributed by atoms with Gasteiger partial charge in [0.2, 0.25) is 0 Å². The zero-order chi connectivity index (χ0) is 14.8. The van der Waals surface area contributed by atoms with E-state index < -0.39 is 0 Å². The molecule has 2 N–H and O–H groups in total. The Labute approximate surface area is 136 Å². The molecule has 0 radical (unpaired) electrons. The van der Waals surface area contributed by atoms with Crippen LogP contribution in [0.15, 0.2) is 40.2 Å². The summed E-state index contributed by atoms with van der Waals surface area (Å²) in [5.41, 5.74) is 6.69. The average Bonchev–Trinajstić information content (AvgIpc) is 3.18.